The van der Waals surface area contributed by atoms with Crippen LogP contribution in [-0.2, 0) is 14.3 Å². The molecule has 1 heterocycles. The van der Waals surface area contributed by atoms with Gasteiger partial charge in [-0.25, -0.2) is 0 Å². The van der Waals surface area contributed by atoms with Crippen molar-refractivity contribution in [3.63, 3.8) is 0 Å². The number of aliphatic hydroxyl groups is 2. The van der Waals surface area contributed by atoms with E-state index in [1.807, 2.05) is 0 Å². The molecule has 0 aromatic heterocycles. The second-order valence-electron chi connectivity index (χ2n) is 8.87. The van der Waals surface area contributed by atoms with Gasteiger partial charge >= 0.3 is 11.9 Å². The zero-order chi connectivity index (χ0) is 17.9. The van der Waals surface area contributed by atoms with E-state index in [0.29, 0.717) is 31.3 Å². The Morgan fingerprint density at radius 3 is 2.84 bits per heavy atom. The van der Waals surface area contributed by atoms with Gasteiger partial charge in [-0.05, 0) is 55.6 Å². The molecule has 4 aliphatic carbocycles. The summed E-state index contributed by atoms with van der Waals surface area (Å²) >= 11 is 0. The lowest BCUT2D eigenvalue weighted by atomic mass is 9.61. The summed E-state index contributed by atoms with van der Waals surface area (Å²) in [6, 6.07) is 0. The minimum absolute atomic E-state index is 0.0121. The molecule has 3 N–H and O–H groups in total. The smallest absolute Gasteiger partial charge is 0.315 e. The summed E-state index contributed by atoms with van der Waals surface area (Å²) in [5.74, 6) is -2.92. The number of ether oxygens (including phenoxy) is 1. The fourth-order valence-corrected chi connectivity index (χ4v) is 6.86. The van der Waals surface area contributed by atoms with E-state index in [4.69, 9.17) is 4.74 Å². The highest BCUT2D eigenvalue weighted by Crippen LogP contribution is 2.74. The minimum atomic E-state index is -1.24. The molecule has 6 heteroatoms. The van der Waals surface area contributed by atoms with Crippen molar-refractivity contribution >= 4 is 11.9 Å². The first-order chi connectivity index (χ1) is 11.6. The van der Waals surface area contributed by atoms with Crippen molar-refractivity contribution in [2.24, 2.45) is 28.6 Å². The van der Waals surface area contributed by atoms with E-state index in [0.717, 1.165) is 5.57 Å². The largest absolute Gasteiger partial charge is 0.481 e. The number of carbonyl (C=O) groups is 2. The molecule has 3 saturated carbocycles. The maximum absolute atomic E-state index is 12.6. The number of allylic oxidation sites excluding steroid dienone is 1. The van der Waals surface area contributed by atoms with Gasteiger partial charge in [0.05, 0.1) is 11.5 Å². The maximum atomic E-state index is 12.6. The summed E-state index contributed by atoms with van der Waals surface area (Å²) in [6.45, 7) is 5.66. The lowest BCUT2D eigenvalue weighted by molar-refractivity contribution is -0.157. The Bertz CT molecular complexity index is 770. The van der Waals surface area contributed by atoms with E-state index in [1.54, 1.807) is 13.0 Å². The predicted octanol–water partition coefficient (Wildman–Crippen LogP) is 1.03. The number of carbonyl (C=O) groups excluding carboxylic acids is 1. The van der Waals surface area contributed by atoms with Crippen LogP contribution in [0.5, 0.6) is 0 Å². The zero-order valence-corrected chi connectivity index (χ0v) is 14.1. The summed E-state index contributed by atoms with van der Waals surface area (Å²) in [5.41, 5.74) is -1.23. The maximum Gasteiger partial charge on any atom is 0.315 e. The molecule has 4 fully saturated rings. The number of hydrogen-bond donors (Lipinski definition) is 3. The first kappa shape index (κ1) is 15.6. The summed E-state index contributed by atoms with van der Waals surface area (Å²) in [4.78, 5) is 24.9. The number of esters is 1. The van der Waals surface area contributed by atoms with Gasteiger partial charge in [0.15, 0.2) is 0 Å². The Labute approximate surface area is 145 Å². The van der Waals surface area contributed by atoms with Crippen LogP contribution in [0.2, 0.25) is 0 Å². The average molecular weight is 346 g/mol. The number of rotatable bonds is 1. The Kier molecular flexibility index (Phi) is 2.60. The molecular weight excluding hydrogens is 324 g/mol. The van der Waals surface area contributed by atoms with E-state index >= 15 is 0 Å². The van der Waals surface area contributed by atoms with Crippen LogP contribution < -0.4 is 0 Å². The quantitative estimate of drug-likeness (QED) is 0.484. The molecule has 0 aromatic rings. The van der Waals surface area contributed by atoms with Crippen molar-refractivity contribution in [3.8, 4) is 0 Å². The van der Waals surface area contributed by atoms with Crippen molar-refractivity contribution in [3.05, 3.63) is 23.8 Å². The molecule has 6 nitrogen and oxygen atoms in total. The summed E-state index contributed by atoms with van der Waals surface area (Å²) in [5, 5.41) is 31.7. The Hall–Kier alpha value is -1.66. The number of aliphatic hydroxyl groups excluding tert-OH is 1. The number of carboxylic acids is 1. The van der Waals surface area contributed by atoms with E-state index in [-0.39, 0.29) is 5.92 Å². The van der Waals surface area contributed by atoms with Crippen molar-refractivity contribution in [1.29, 1.82) is 0 Å². The Balaban J connectivity index is 1.75. The van der Waals surface area contributed by atoms with Crippen molar-refractivity contribution in [2.45, 2.75) is 50.4 Å². The standard InChI is InChI=1S/C19H22O6/c1-8-6-18-7-19(8,24)4-3-10(18)9-5-11-14(20)17(2,16(23)25-11)12(9)13(18)15(21)22/h5,10-14,20,24H,1,3-4,6-7H2,2H3,(H,21,22)/t10-,11-,12-,13+,14-,17-,18-,19+/m1/s1. The van der Waals surface area contributed by atoms with E-state index in [9.17, 15) is 24.9 Å². The normalized spacial score (nSPS) is 55.5. The molecule has 8 atom stereocenters. The molecule has 0 radical (unpaired) electrons. The van der Waals surface area contributed by atoms with Crippen LogP contribution in [0.25, 0.3) is 0 Å². The molecule has 1 aliphatic heterocycles. The zero-order valence-electron chi connectivity index (χ0n) is 14.1. The molecule has 0 amide bonds. The van der Waals surface area contributed by atoms with Gasteiger partial charge in [0.25, 0.3) is 0 Å². The number of fused-ring (bicyclic) bond motifs is 6. The van der Waals surface area contributed by atoms with E-state index < -0.39 is 52.4 Å². The summed E-state index contributed by atoms with van der Waals surface area (Å²) < 4.78 is 5.34. The molecule has 25 heavy (non-hydrogen) atoms. The van der Waals surface area contributed by atoms with Crippen molar-refractivity contribution in [2.75, 3.05) is 0 Å². The van der Waals surface area contributed by atoms with Gasteiger partial charge in [0.1, 0.15) is 17.6 Å². The van der Waals surface area contributed by atoms with Gasteiger partial charge in [0.2, 0.25) is 0 Å². The molecule has 134 valence electrons. The van der Waals surface area contributed by atoms with Crippen LogP contribution >= 0.6 is 0 Å². The number of aliphatic carboxylic acids is 1. The fraction of sp³-hybridized carbons (Fsp3) is 0.684. The second kappa shape index (κ2) is 4.18. The van der Waals surface area contributed by atoms with Gasteiger partial charge in [-0.1, -0.05) is 12.2 Å². The Morgan fingerprint density at radius 1 is 1.44 bits per heavy atom. The molecule has 5 aliphatic rings. The third-order valence-corrected chi connectivity index (χ3v) is 7.95. The fourth-order valence-electron chi connectivity index (χ4n) is 6.86. The van der Waals surface area contributed by atoms with E-state index in [1.165, 1.54) is 0 Å². The lowest BCUT2D eigenvalue weighted by Crippen LogP contribution is -2.50. The van der Waals surface area contributed by atoms with Gasteiger partial charge in [-0.3, -0.25) is 9.59 Å². The molecule has 4 bridgehead atoms. The average Bonchev–Trinajstić information content (AvgIpc) is 2.96. The molecule has 0 aromatic carbocycles. The Morgan fingerprint density at radius 2 is 2.16 bits per heavy atom. The number of hydrogen-bond acceptors (Lipinski definition) is 5. The molecule has 1 spiro atoms. The first-order valence-electron chi connectivity index (χ1n) is 8.89. The highest BCUT2D eigenvalue weighted by molar-refractivity contribution is 5.85. The van der Waals surface area contributed by atoms with Crippen LogP contribution in [-0.4, -0.2) is 45.1 Å². The minimum Gasteiger partial charge on any atom is -0.481 e. The van der Waals surface area contributed by atoms with Crippen molar-refractivity contribution in [1.82, 2.24) is 0 Å². The third-order valence-electron chi connectivity index (χ3n) is 7.95. The van der Waals surface area contributed by atoms with Crippen LogP contribution in [0.3, 0.4) is 0 Å². The topological polar surface area (TPSA) is 104 Å². The van der Waals surface area contributed by atoms with Gasteiger partial charge in [-0.15, -0.1) is 0 Å². The number of carboxylic acid groups (broad SMARTS) is 1. The highest BCUT2D eigenvalue weighted by atomic mass is 16.6. The SMILES string of the molecule is C=C1C[C@@]23C[C@@]1(O)CC[C@@H]2C1=C[C@H]2OC(=O)[C@@](C)([C@@H]2O)[C@H]1[C@H]3C(=O)O. The van der Waals surface area contributed by atoms with Gasteiger partial charge in [0, 0.05) is 5.92 Å². The summed E-state index contributed by atoms with van der Waals surface area (Å²) in [7, 11) is 0. The van der Waals surface area contributed by atoms with Crippen LogP contribution in [0.15, 0.2) is 23.8 Å². The van der Waals surface area contributed by atoms with Crippen molar-refractivity contribution < 1.29 is 29.6 Å². The van der Waals surface area contributed by atoms with E-state index in [2.05, 4.69) is 6.58 Å². The van der Waals surface area contributed by atoms with Gasteiger partial charge < -0.3 is 20.1 Å². The molecular formula is C19H22O6. The molecule has 1 saturated heterocycles. The van der Waals surface area contributed by atoms with Crippen LogP contribution in [0, 0.1) is 28.6 Å². The van der Waals surface area contributed by atoms with Gasteiger partial charge in [-0.2, -0.15) is 0 Å². The molecule has 0 unspecified atom stereocenters. The lowest BCUT2D eigenvalue weighted by Gasteiger charge is -2.41. The third kappa shape index (κ3) is 1.47. The first-order valence-corrected chi connectivity index (χ1v) is 8.89. The molecule has 5 rings (SSSR count). The van der Waals surface area contributed by atoms with Crippen LogP contribution in [0.4, 0.5) is 0 Å². The monoisotopic (exact) mass is 346 g/mol. The highest BCUT2D eigenvalue weighted by Gasteiger charge is 2.75. The van der Waals surface area contributed by atoms with Crippen LogP contribution in [0.1, 0.15) is 32.6 Å². The predicted molar refractivity (Wildman–Crippen MR) is 85.2 cm³/mol. The second-order valence-corrected chi connectivity index (χ2v) is 8.87. The summed E-state index contributed by atoms with van der Waals surface area (Å²) in [6.07, 6.45) is 2.14.